The SMILES string of the molecule is CCN(CC)C(=O)CCNc1ccc(Cl)c(C(=O)O)n1. The maximum Gasteiger partial charge on any atom is 0.356 e. The van der Waals surface area contributed by atoms with Crippen molar-refractivity contribution in [3.05, 3.63) is 22.8 Å². The summed E-state index contributed by atoms with van der Waals surface area (Å²) in [5, 5.41) is 11.9. The average molecular weight is 300 g/mol. The summed E-state index contributed by atoms with van der Waals surface area (Å²) in [4.78, 5) is 28.3. The smallest absolute Gasteiger partial charge is 0.356 e. The molecule has 0 atom stereocenters. The van der Waals surface area contributed by atoms with E-state index in [1.807, 2.05) is 13.8 Å². The number of nitrogens with one attached hydrogen (secondary N) is 1. The summed E-state index contributed by atoms with van der Waals surface area (Å²) < 4.78 is 0. The van der Waals surface area contributed by atoms with Gasteiger partial charge in [-0.1, -0.05) is 11.6 Å². The number of halogens is 1. The Morgan fingerprint density at radius 3 is 2.55 bits per heavy atom. The number of carbonyl (C=O) groups excluding carboxylic acids is 1. The molecule has 0 aliphatic carbocycles. The molecule has 2 N–H and O–H groups in total. The van der Waals surface area contributed by atoms with Crippen molar-refractivity contribution < 1.29 is 14.7 Å². The van der Waals surface area contributed by atoms with Crippen LogP contribution in [0.15, 0.2) is 12.1 Å². The summed E-state index contributed by atoms with van der Waals surface area (Å²) in [6, 6.07) is 3.04. The fraction of sp³-hybridized carbons (Fsp3) is 0.462. The Morgan fingerprint density at radius 1 is 1.35 bits per heavy atom. The van der Waals surface area contributed by atoms with E-state index >= 15 is 0 Å². The van der Waals surface area contributed by atoms with Crippen LogP contribution in [0.2, 0.25) is 5.02 Å². The molecule has 0 spiro atoms. The lowest BCUT2D eigenvalue weighted by Crippen LogP contribution is -2.31. The number of anilines is 1. The first-order chi connectivity index (χ1) is 9.49. The maximum absolute atomic E-state index is 11.8. The Hall–Kier alpha value is -1.82. The molecule has 0 unspecified atom stereocenters. The zero-order valence-electron chi connectivity index (χ0n) is 11.5. The van der Waals surface area contributed by atoms with Crippen LogP contribution >= 0.6 is 11.6 Å². The van der Waals surface area contributed by atoms with Gasteiger partial charge in [-0.05, 0) is 26.0 Å². The van der Waals surface area contributed by atoms with E-state index in [1.54, 1.807) is 11.0 Å². The molecule has 1 heterocycles. The summed E-state index contributed by atoms with van der Waals surface area (Å²) in [5.74, 6) is -0.744. The van der Waals surface area contributed by atoms with Gasteiger partial charge < -0.3 is 15.3 Å². The van der Waals surface area contributed by atoms with Crippen LogP contribution < -0.4 is 5.32 Å². The molecule has 6 nitrogen and oxygen atoms in total. The fourth-order valence-electron chi connectivity index (χ4n) is 1.72. The van der Waals surface area contributed by atoms with Gasteiger partial charge in [-0.25, -0.2) is 9.78 Å². The number of carbonyl (C=O) groups is 2. The summed E-state index contributed by atoms with van der Waals surface area (Å²) >= 11 is 5.72. The predicted molar refractivity (Wildman–Crippen MR) is 77.2 cm³/mol. The number of amides is 1. The van der Waals surface area contributed by atoms with Crippen molar-refractivity contribution in [2.75, 3.05) is 25.0 Å². The Morgan fingerprint density at radius 2 is 2.00 bits per heavy atom. The van der Waals surface area contributed by atoms with Gasteiger partial charge >= 0.3 is 5.97 Å². The van der Waals surface area contributed by atoms with E-state index in [0.717, 1.165) is 0 Å². The second kappa shape index (κ2) is 7.69. The van der Waals surface area contributed by atoms with Crippen molar-refractivity contribution in [2.24, 2.45) is 0 Å². The number of pyridine rings is 1. The van der Waals surface area contributed by atoms with E-state index in [9.17, 15) is 9.59 Å². The molecule has 20 heavy (non-hydrogen) atoms. The van der Waals surface area contributed by atoms with Crippen LogP contribution in [0.5, 0.6) is 0 Å². The highest BCUT2D eigenvalue weighted by molar-refractivity contribution is 6.33. The Balaban J connectivity index is 2.56. The first-order valence-electron chi connectivity index (χ1n) is 6.41. The van der Waals surface area contributed by atoms with Crippen molar-refractivity contribution in [1.82, 2.24) is 9.88 Å². The van der Waals surface area contributed by atoms with Gasteiger partial charge in [-0.3, -0.25) is 4.79 Å². The first kappa shape index (κ1) is 16.2. The van der Waals surface area contributed by atoms with Crippen LogP contribution in [0.25, 0.3) is 0 Å². The van der Waals surface area contributed by atoms with E-state index in [0.29, 0.717) is 31.9 Å². The lowest BCUT2D eigenvalue weighted by atomic mass is 10.3. The molecular weight excluding hydrogens is 282 g/mol. The van der Waals surface area contributed by atoms with E-state index in [-0.39, 0.29) is 16.6 Å². The number of rotatable bonds is 7. The number of carboxylic acids is 1. The Bertz CT molecular complexity index is 490. The molecule has 1 amide bonds. The highest BCUT2D eigenvalue weighted by atomic mass is 35.5. The lowest BCUT2D eigenvalue weighted by Gasteiger charge is -2.18. The number of hydrogen-bond donors (Lipinski definition) is 2. The van der Waals surface area contributed by atoms with E-state index in [2.05, 4.69) is 10.3 Å². The normalized spacial score (nSPS) is 10.2. The summed E-state index contributed by atoms with van der Waals surface area (Å²) in [6.45, 7) is 5.60. The van der Waals surface area contributed by atoms with Gasteiger partial charge in [0.2, 0.25) is 5.91 Å². The van der Waals surface area contributed by atoms with Crippen molar-refractivity contribution in [3.63, 3.8) is 0 Å². The van der Waals surface area contributed by atoms with Gasteiger partial charge in [0.1, 0.15) is 5.82 Å². The minimum atomic E-state index is -1.18. The summed E-state index contributed by atoms with van der Waals surface area (Å²) in [5.41, 5.74) is -0.202. The molecule has 1 rings (SSSR count). The van der Waals surface area contributed by atoms with Crippen molar-refractivity contribution in [3.8, 4) is 0 Å². The predicted octanol–water partition coefficient (Wildman–Crippen LogP) is 2.10. The quantitative estimate of drug-likeness (QED) is 0.805. The summed E-state index contributed by atoms with van der Waals surface area (Å²) in [6.07, 6.45) is 0.328. The first-order valence-corrected chi connectivity index (χ1v) is 6.78. The second-order valence-electron chi connectivity index (χ2n) is 4.07. The lowest BCUT2D eigenvalue weighted by molar-refractivity contribution is -0.130. The number of aromatic nitrogens is 1. The third-order valence-corrected chi connectivity index (χ3v) is 3.11. The number of aromatic carboxylic acids is 1. The molecule has 7 heteroatoms. The Kier molecular flexibility index (Phi) is 6.24. The molecule has 0 saturated carbocycles. The van der Waals surface area contributed by atoms with Gasteiger partial charge in [0.25, 0.3) is 0 Å². The minimum Gasteiger partial charge on any atom is -0.476 e. The third-order valence-electron chi connectivity index (χ3n) is 2.81. The van der Waals surface area contributed by atoms with E-state index < -0.39 is 5.97 Å². The molecule has 0 aliphatic heterocycles. The molecule has 0 saturated heterocycles. The van der Waals surface area contributed by atoms with Gasteiger partial charge in [-0.2, -0.15) is 0 Å². The maximum atomic E-state index is 11.8. The van der Waals surface area contributed by atoms with Crippen molar-refractivity contribution >= 4 is 29.3 Å². The topological polar surface area (TPSA) is 82.5 Å². The van der Waals surface area contributed by atoms with Crippen LogP contribution in [0, 0.1) is 0 Å². The largest absolute Gasteiger partial charge is 0.476 e. The van der Waals surface area contributed by atoms with Gasteiger partial charge in [0, 0.05) is 26.1 Å². The molecular formula is C13H18ClN3O3. The fourth-order valence-corrected chi connectivity index (χ4v) is 1.91. The highest BCUT2D eigenvalue weighted by Gasteiger charge is 2.12. The van der Waals surface area contributed by atoms with Crippen LogP contribution in [0.4, 0.5) is 5.82 Å². The molecule has 110 valence electrons. The second-order valence-corrected chi connectivity index (χ2v) is 4.48. The third kappa shape index (κ3) is 4.38. The van der Waals surface area contributed by atoms with E-state index in [1.165, 1.54) is 6.07 Å². The van der Waals surface area contributed by atoms with Crippen LogP contribution in [0.3, 0.4) is 0 Å². The number of hydrogen-bond acceptors (Lipinski definition) is 4. The average Bonchev–Trinajstić information content (AvgIpc) is 2.41. The Labute approximate surface area is 122 Å². The number of carboxylic acid groups (broad SMARTS) is 1. The zero-order chi connectivity index (χ0) is 15.1. The van der Waals surface area contributed by atoms with Crippen LogP contribution in [-0.2, 0) is 4.79 Å². The molecule has 0 radical (unpaired) electrons. The van der Waals surface area contributed by atoms with E-state index in [4.69, 9.17) is 16.7 Å². The molecule has 0 aromatic carbocycles. The molecule has 1 aromatic rings. The highest BCUT2D eigenvalue weighted by Crippen LogP contribution is 2.16. The van der Waals surface area contributed by atoms with Gasteiger partial charge in [-0.15, -0.1) is 0 Å². The summed E-state index contributed by atoms with van der Waals surface area (Å²) in [7, 11) is 0. The van der Waals surface area contributed by atoms with Gasteiger partial charge in [0.05, 0.1) is 5.02 Å². The van der Waals surface area contributed by atoms with Crippen molar-refractivity contribution in [1.29, 1.82) is 0 Å². The van der Waals surface area contributed by atoms with Crippen molar-refractivity contribution in [2.45, 2.75) is 20.3 Å². The molecule has 1 aromatic heterocycles. The standard InChI is InChI=1S/C13H18ClN3O3/c1-3-17(4-2)11(18)7-8-15-10-6-5-9(14)12(16-10)13(19)20/h5-6H,3-4,7-8H2,1-2H3,(H,15,16)(H,19,20). The minimum absolute atomic E-state index is 0.0509. The van der Waals surface area contributed by atoms with Crippen LogP contribution in [0.1, 0.15) is 30.8 Å². The monoisotopic (exact) mass is 299 g/mol. The molecule has 0 fully saturated rings. The molecule has 0 bridgehead atoms. The van der Waals surface area contributed by atoms with Gasteiger partial charge in [0.15, 0.2) is 5.69 Å². The zero-order valence-corrected chi connectivity index (χ0v) is 12.3. The molecule has 0 aliphatic rings. The van der Waals surface area contributed by atoms with Crippen LogP contribution in [-0.4, -0.2) is 46.5 Å². The number of nitrogens with zero attached hydrogens (tertiary/aromatic N) is 2.